The van der Waals surface area contributed by atoms with E-state index in [2.05, 4.69) is 10.6 Å². The second-order valence-electron chi connectivity index (χ2n) is 7.84. The van der Waals surface area contributed by atoms with Gasteiger partial charge in [-0.3, -0.25) is 9.59 Å². The Balaban J connectivity index is 0.00000196. The van der Waals surface area contributed by atoms with Gasteiger partial charge in [-0.05, 0) is 68.8 Å². The monoisotopic (exact) mass is 377 g/mol. The van der Waals surface area contributed by atoms with Gasteiger partial charge in [0.05, 0.1) is 6.04 Å². The summed E-state index contributed by atoms with van der Waals surface area (Å²) < 4.78 is 0. The number of nitrogens with one attached hydrogen (secondary N) is 2. The van der Waals surface area contributed by atoms with Gasteiger partial charge in [-0.1, -0.05) is 12.1 Å². The van der Waals surface area contributed by atoms with Gasteiger partial charge in [-0.2, -0.15) is 0 Å². The van der Waals surface area contributed by atoms with Crippen molar-refractivity contribution in [2.24, 2.45) is 11.3 Å². The minimum absolute atomic E-state index is 0. The Morgan fingerprint density at radius 1 is 1.35 bits per heavy atom. The topological polar surface area (TPSA) is 61.4 Å². The first-order chi connectivity index (χ1) is 12.1. The summed E-state index contributed by atoms with van der Waals surface area (Å²) in [6.07, 6.45) is 4.83. The van der Waals surface area contributed by atoms with E-state index in [0.717, 1.165) is 56.6 Å². The molecule has 3 aliphatic rings. The lowest BCUT2D eigenvalue weighted by Gasteiger charge is -2.24. The molecule has 2 atom stereocenters. The maximum atomic E-state index is 12.7. The molecule has 6 heteroatoms. The Kier molecular flexibility index (Phi) is 5.58. The van der Waals surface area contributed by atoms with Gasteiger partial charge in [-0.15, -0.1) is 12.4 Å². The first-order valence-corrected chi connectivity index (χ1v) is 9.50. The molecule has 1 aromatic carbocycles. The molecule has 0 bridgehead atoms. The Hall–Kier alpha value is -1.59. The van der Waals surface area contributed by atoms with Crippen molar-refractivity contribution >= 4 is 29.9 Å². The highest BCUT2D eigenvalue weighted by atomic mass is 35.5. The number of anilines is 1. The fourth-order valence-electron chi connectivity index (χ4n) is 4.48. The van der Waals surface area contributed by atoms with Crippen molar-refractivity contribution < 1.29 is 9.59 Å². The summed E-state index contributed by atoms with van der Waals surface area (Å²) in [5.74, 6) is 0.567. The van der Waals surface area contributed by atoms with Crippen molar-refractivity contribution in [2.75, 3.05) is 24.5 Å². The quantitative estimate of drug-likeness (QED) is 0.848. The molecule has 1 aromatic rings. The van der Waals surface area contributed by atoms with E-state index in [-0.39, 0.29) is 41.6 Å². The van der Waals surface area contributed by atoms with Crippen LogP contribution in [-0.2, 0) is 9.59 Å². The average Bonchev–Trinajstić information content (AvgIpc) is 3.13. The van der Waals surface area contributed by atoms with Crippen molar-refractivity contribution in [3.63, 3.8) is 0 Å². The highest BCUT2D eigenvalue weighted by molar-refractivity contribution is 5.95. The highest BCUT2D eigenvalue weighted by Gasteiger charge is 2.57. The summed E-state index contributed by atoms with van der Waals surface area (Å²) in [6, 6.07) is 7.99. The van der Waals surface area contributed by atoms with Crippen molar-refractivity contribution in [2.45, 2.75) is 45.1 Å². The van der Waals surface area contributed by atoms with E-state index in [0.29, 0.717) is 6.42 Å². The van der Waals surface area contributed by atoms with Crippen LogP contribution in [0.3, 0.4) is 0 Å². The number of rotatable bonds is 4. The van der Waals surface area contributed by atoms with Crippen LogP contribution in [0.5, 0.6) is 0 Å². The van der Waals surface area contributed by atoms with Gasteiger partial charge in [0.2, 0.25) is 11.8 Å². The second kappa shape index (κ2) is 7.57. The molecule has 5 nitrogen and oxygen atoms in total. The number of hydrogen-bond donors (Lipinski definition) is 2. The van der Waals surface area contributed by atoms with Gasteiger partial charge in [0.25, 0.3) is 0 Å². The van der Waals surface area contributed by atoms with Crippen LogP contribution in [0, 0.1) is 11.3 Å². The van der Waals surface area contributed by atoms with Gasteiger partial charge in [0.1, 0.15) is 0 Å². The van der Waals surface area contributed by atoms with E-state index >= 15 is 0 Å². The Labute approximate surface area is 161 Å². The number of nitrogens with zero attached hydrogens (tertiary/aromatic N) is 1. The average molecular weight is 378 g/mol. The third-order valence-electron chi connectivity index (χ3n) is 6.22. The van der Waals surface area contributed by atoms with Crippen molar-refractivity contribution in [1.29, 1.82) is 0 Å². The molecule has 2 unspecified atom stereocenters. The van der Waals surface area contributed by atoms with Crippen LogP contribution in [0.2, 0.25) is 0 Å². The van der Waals surface area contributed by atoms with Crippen LogP contribution in [-0.4, -0.2) is 31.4 Å². The Morgan fingerprint density at radius 3 is 2.81 bits per heavy atom. The fraction of sp³-hybridized carbons (Fsp3) is 0.600. The molecule has 4 rings (SSSR count). The minimum atomic E-state index is -0.0375. The largest absolute Gasteiger partial charge is 0.349 e. The standard InChI is InChI=1S/C20H27N3O2.ClH/c1-14(22-19(25)17-13-20(17)7-9-21-10-8-20)15-4-2-5-16(12-15)23-11-3-6-18(23)24;/h2,4-5,12,14,17,21H,3,6-11,13H2,1H3,(H,22,25);1H. The summed E-state index contributed by atoms with van der Waals surface area (Å²) in [5.41, 5.74) is 2.27. The van der Waals surface area contributed by atoms with Crippen molar-refractivity contribution in [3.8, 4) is 0 Å². The molecule has 26 heavy (non-hydrogen) atoms. The number of piperidine rings is 1. The van der Waals surface area contributed by atoms with E-state index in [9.17, 15) is 9.59 Å². The molecule has 2 N–H and O–H groups in total. The molecular formula is C20H28ClN3O2. The fourth-order valence-corrected chi connectivity index (χ4v) is 4.48. The van der Waals surface area contributed by atoms with E-state index in [1.54, 1.807) is 0 Å². The van der Waals surface area contributed by atoms with Crippen LogP contribution >= 0.6 is 12.4 Å². The number of halogens is 1. The zero-order valence-electron chi connectivity index (χ0n) is 15.3. The smallest absolute Gasteiger partial charge is 0.227 e. The molecule has 1 saturated carbocycles. The normalized spacial score (nSPS) is 24.9. The van der Waals surface area contributed by atoms with Gasteiger partial charge >= 0.3 is 0 Å². The zero-order chi connectivity index (χ0) is 17.4. The number of benzene rings is 1. The summed E-state index contributed by atoms with van der Waals surface area (Å²) in [7, 11) is 0. The van der Waals surface area contributed by atoms with Crippen molar-refractivity contribution in [3.05, 3.63) is 29.8 Å². The molecule has 142 valence electrons. The molecule has 1 spiro atoms. The van der Waals surface area contributed by atoms with E-state index in [1.807, 2.05) is 36.1 Å². The SMILES string of the molecule is CC(NC(=O)C1CC12CCNCC2)c1cccc(N2CCCC2=O)c1.Cl. The van der Waals surface area contributed by atoms with Gasteiger partial charge < -0.3 is 15.5 Å². The molecule has 1 aliphatic carbocycles. The minimum Gasteiger partial charge on any atom is -0.349 e. The number of carbonyl (C=O) groups excluding carboxylic acids is 2. The highest BCUT2D eigenvalue weighted by Crippen LogP contribution is 2.58. The number of hydrogen-bond acceptors (Lipinski definition) is 3. The summed E-state index contributed by atoms with van der Waals surface area (Å²) in [4.78, 5) is 26.5. The third-order valence-corrected chi connectivity index (χ3v) is 6.22. The van der Waals surface area contributed by atoms with Crippen molar-refractivity contribution in [1.82, 2.24) is 10.6 Å². The van der Waals surface area contributed by atoms with Gasteiger partial charge in [-0.25, -0.2) is 0 Å². The summed E-state index contributed by atoms with van der Waals surface area (Å²) in [6.45, 7) is 4.89. The molecule has 2 aliphatic heterocycles. The lowest BCUT2D eigenvalue weighted by Crippen LogP contribution is -2.34. The molecule has 0 aromatic heterocycles. The second-order valence-corrected chi connectivity index (χ2v) is 7.84. The van der Waals surface area contributed by atoms with Crippen LogP contribution in [0.4, 0.5) is 5.69 Å². The Bertz CT molecular complexity index is 687. The molecule has 2 heterocycles. The number of amides is 2. The Morgan fingerprint density at radius 2 is 2.12 bits per heavy atom. The predicted octanol–water partition coefficient (Wildman–Crippen LogP) is 2.80. The molecular weight excluding hydrogens is 350 g/mol. The first-order valence-electron chi connectivity index (χ1n) is 9.50. The van der Waals surface area contributed by atoms with Gasteiger partial charge in [0, 0.05) is 24.6 Å². The first kappa shape index (κ1) is 19.2. The lowest BCUT2D eigenvalue weighted by atomic mass is 9.91. The van der Waals surface area contributed by atoms with Gasteiger partial charge in [0.15, 0.2) is 0 Å². The number of carbonyl (C=O) groups is 2. The lowest BCUT2D eigenvalue weighted by molar-refractivity contribution is -0.124. The molecule has 3 fully saturated rings. The molecule has 0 radical (unpaired) electrons. The van der Waals surface area contributed by atoms with E-state index in [1.165, 1.54) is 0 Å². The molecule has 2 amide bonds. The summed E-state index contributed by atoms with van der Waals surface area (Å²) >= 11 is 0. The van der Waals surface area contributed by atoms with Crippen LogP contribution < -0.4 is 15.5 Å². The molecule has 2 saturated heterocycles. The maximum Gasteiger partial charge on any atom is 0.227 e. The van der Waals surface area contributed by atoms with Crippen LogP contribution in [0.15, 0.2) is 24.3 Å². The maximum absolute atomic E-state index is 12.7. The van der Waals surface area contributed by atoms with Crippen LogP contribution in [0.25, 0.3) is 0 Å². The zero-order valence-corrected chi connectivity index (χ0v) is 16.1. The predicted molar refractivity (Wildman–Crippen MR) is 104 cm³/mol. The summed E-state index contributed by atoms with van der Waals surface area (Å²) in [5, 5.41) is 6.57. The van der Waals surface area contributed by atoms with E-state index in [4.69, 9.17) is 0 Å². The van der Waals surface area contributed by atoms with Crippen LogP contribution in [0.1, 0.15) is 50.6 Å². The third kappa shape index (κ3) is 3.60. The van der Waals surface area contributed by atoms with E-state index < -0.39 is 0 Å².